The van der Waals surface area contributed by atoms with Crippen LogP contribution in [-0.2, 0) is 6.54 Å². The highest BCUT2D eigenvalue weighted by Crippen LogP contribution is 2.26. The predicted octanol–water partition coefficient (Wildman–Crippen LogP) is 2.81. The van der Waals surface area contributed by atoms with E-state index in [1.807, 2.05) is 18.2 Å². The van der Waals surface area contributed by atoms with Crippen LogP contribution in [0.2, 0.25) is 0 Å². The SMILES string of the molecule is COc1ccc(Cn2c(=O)oc3cccnc32)cc1Br. The lowest BCUT2D eigenvalue weighted by molar-refractivity contribution is 0.412. The van der Waals surface area contributed by atoms with Gasteiger partial charge in [0.2, 0.25) is 0 Å². The lowest BCUT2D eigenvalue weighted by Crippen LogP contribution is -2.15. The topological polar surface area (TPSA) is 57.3 Å². The summed E-state index contributed by atoms with van der Waals surface area (Å²) < 4.78 is 12.7. The van der Waals surface area contributed by atoms with Gasteiger partial charge in [0.25, 0.3) is 0 Å². The molecule has 0 amide bonds. The quantitative estimate of drug-likeness (QED) is 0.739. The summed E-state index contributed by atoms with van der Waals surface area (Å²) in [6, 6.07) is 9.12. The maximum Gasteiger partial charge on any atom is 0.421 e. The fourth-order valence-corrected chi connectivity index (χ4v) is 2.62. The predicted molar refractivity (Wildman–Crippen MR) is 78.1 cm³/mol. The molecule has 0 aliphatic rings. The molecule has 2 aromatic heterocycles. The van der Waals surface area contributed by atoms with Crippen LogP contribution in [0.15, 0.2) is 50.2 Å². The minimum absolute atomic E-state index is 0.394. The number of hydrogen-bond acceptors (Lipinski definition) is 4. The maximum absolute atomic E-state index is 11.9. The fraction of sp³-hybridized carbons (Fsp3) is 0.143. The number of oxazole rings is 1. The van der Waals surface area contributed by atoms with Crippen LogP contribution in [0.5, 0.6) is 5.75 Å². The first-order valence-electron chi connectivity index (χ1n) is 5.96. The summed E-state index contributed by atoms with van der Waals surface area (Å²) >= 11 is 3.43. The fourth-order valence-electron chi connectivity index (χ4n) is 2.03. The van der Waals surface area contributed by atoms with Crippen LogP contribution in [0.25, 0.3) is 11.2 Å². The van der Waals surface area contributed by atoms with Gasteiger partial charge in [-0.1, -0.05) is 6.07 Å². The van der Waals surface area contributed by atoms with Crippen molar-refractivity contribution in [3.05, 3.63) is 57.1 Å². The molecule has 3 rings (SSSR count). The molecule has 0 atom stereocenters. The van der Waals surface area contributed by atoms with Crippen LogP contribution in [0.3, 0.4) is 0 Å². The molecule has 0 saturated heterocycles. The van der Waals surface area contributed by atoms with Crippen LogP contribution in [0, 0.1) is 0 Å². The van der Waals surface area contributed by atoms with E-state index in [1.54, 1.807) is 25.4 Å². The molecule has 0 aliphatic heterocycles. The summed E-state index contributed by atoms with van der Waals surface area (Å²) in [4.78, 5) is 16.1. The van der Waals surface area contributed by atoms with E-state index in [-0.39, 0.29) is 0 Å². The molecule has 5 nitrogen and oxygen atoms in total. The van der Waals surface area contributed by atoms with Crippen molar-refractivity contribution in [3.63, 3.8) is 0 Å². The second-order valence-electron chi connectivity index (χ2n) is 4.25. The van der Waals surface area contributed by atoms with Crippen molar-refractivity contribution >= 4 is 27.2 Å². The van der Waals surface area contributed by atoms with E-state index >= 15 is 0 Å². The van der Waals surface area contributed by atoms with E-state index in [2.05, 4.69) is 20.9 Å². The first kappa shape index (κ1) is 12.9. The number of hydrogen-bond donors (Lipinski definition) is 0. The lowest BCUT2D eigenvalue weighted by atomic mass is 10.2. The molecule has 0 saturated carbocycles. The van der Waals surface area contributed by atoms with Gasteiger partial charge >= 0.3 is 5.76 Å². The van der Waals surface area contributed by atoms with E-state index in [1.165, 1.54) is 4.57 Å². The van der Waals surface area contributed by atoms with Crippen LogP contribution in [0.1, 0.15) is 5.56 Å². The number of methoxy groups -OCH3 is 1. The highest BCUT2D eigenvalue weighted by molar-refractivity contribution is 9.10. The number of nitrogens with zero attached hydrogens (tertiary/aromatic N) is 2. The Morgan fingerprint density at radius 2 is 2.25 bits per heavy atom. The average Bonchev–Trinajstić information content (AvgIpc) is 2.76. The molecule has 102 valence electrons. The zero-order valence-electron chi connectivity index (χ0n) is 10.7. The number of aromatic nitrogens is 2. The molecular formula is C14H11BrN2O3. The molecule has 0 spiro atoms. The summed E-state index contributed by atoms with van der Waals surface area (Å²) in [6.07, 6.45) is 1.64. The van der Waals surface area contributed by atoms with Gasteiger partial charge in [-0.25, -0.2) is 9.78 Å². The first-order chi connectivity index (χ1) is 9.69. The van der Waals surface area contributed by atoms with Gasteiger partial charge in [0.05, 0.1) is 18.1 Å². The zero-order valence-corrected chi connectivity index (χ0v) is 12.3. The second-order valence-corrected chi connectivity index (χ2v) is 5.10. The Hall–Kier alpha value is -2.08. The van der Waals surface area contributed by atoms with Gasteiger partial charge in [0.1, 0.15) is 5.75 Å². The first-order valence-corrected chi connectivity index (χ1v) is 6.75. The van der Waals surface area contributed by atoms with Crippen LogP contribution >= 0.6 is 15.9 Å². The van der Waals surface area contributed by atoms with Gasteiger partial charge in [-0.15, -0.1) is 0 Å². The standard InChI is InChI=1S/C14H11BrN2O3/c1-19-11-5-4-9(7-10(11)15)8-17-13-12(20-14(17)18)3-2-6-16-13/h2-7H,8H2,1H3. The summed E-state index contributed by atoms with van der Waals surface area (Å²) in [7, 11) is 1.61. The van der Waals surface area contributed by atoms with Gasteiger partial charge in [-0.2, -0.15) is 0 Å². The van der Waals surface area contributed by atoms with Crippen molar-refractivity contribution in [1.82, 2.24) is 9.55 Å². The van der Waals surface area contributed by atoms with E-state index in [4.69, 9.17) is 9.15 Å². The lowest BCUT2D eigenvalue weighted by Gasteiger charge is -2.06. The Kier molecular flexibility index (Phi) is 3.31. The van der Waals surface area contributed by atoms with Gasteiger partial charge in [-0.05, 0) is 45.8 Å². The minimum atomic E-state index is -0.411. The van der Waals surface area contributed by atoms with Crippen molar-refractivity contribution < 1.29 is 9.15 Å². The number of benzene rings is 1. The Labute approximate surface area is 122 Å². The number of rotatable bonds is 3. The molecule has 0 fully saturated rings. The third kappa shape index (κ3) is 2.22. The maximum atomic E-state index is 11.9. The molecular weight excluding hydrogens is 324 g/mol. The third-order valence-corrected chi connectivity index (χ3v) is 3.60. The molecule has 2 heterocycles. The van der Waals surface area contributed by atoms with Gasteiger partial charge in [0, 0.05) is 6.20 Å². The minimum Gasteiger partial charge on any atom is -0.496 e. The molecule has 0 N–H and O–H groups in total. The van der Waals surface area contributed by atoms with Crippen LogP contribution in [0.4, 0.5) is 0 Å². The molecule has 0 bridgehead atoms. The normalized spacial score (nSPS) is 10.9. The Bertz CT molecular complexity index is 823. The van der Waals surface area contributed by atoms with Crippen molar-refractivity contribution in [2.24, 2.45) is 0 Å². The number of pyridine rings is 1. The number of halogens is 1. The average molecular weight is 335 g/mol. The van der Waals surface area contributed by atoms with E-state index in [9.17, 15) is 4.79 Å². The molecule has 0 unspecified atom stereocenters. The third-order valence-electron chi connectivity index (χ3n) is 2.98. The number of fused-ring (bicyclic) bond motifs is 1. The summed E-state index contributed by atoms with van der Waals surface area (Å²) in [5.41, 5.74) is 1.99. The van der Waals surface area contributed by atoms with Crippen molar-refractivity contribution in [1.29, 1.82) is 0 Å². The van der Waals surface area contributed by atoms with E-state index < -0.39 is 5.76 Å². The summed E-state index contributed by atoms with van der Waals surface area (Å²) in [6.45, 7) is 0.394. The molecule has 0 aliphatic carbocycles. The summed E-state index contributed by atoms with van der Waals surface area (Å²) in [5, 5.41) is 0. The summed E-state index contributed by atoms with van der Waals surface area (Å²) in [5.74, 6) is 0.335. The molecule has 3 aromatic rings. The van der Waals surface area contributed by atoms with Crippen molar-refractivity contribution in [2.75, 3.05) is 7.11 Å². The van der Waals surface area contributed by atoms with Crippen molar-refractivity contribution in [3.8, 4) is 5.75 Å². The Balaban J connectivity index is 2.03. The van der Waals surface area contributed by atoms with Crippen LogP contribution in [-0.4, -0.2) is 16.7 Å². The molecule has 6 heteroatoms. The van der Waals surface area contributed by atoms with E-state index in [0.29, 0.717) is 17.8 Å². The zero-order chi connectivity index (χ0) is 14.1. The van der Waals surface area contributed by atoms with Crippen LogP contribution < -0.4 is 10.5 Å². The van der Waals surface area contributed by atoms with Crippen molar-refractivity contribution in [2.45, 2.75) is 6.54 Å². The highest BCUT2D eigenvalue weighted by atomic mass is 79.9. The largest absolute Gasteiger partial charge is 0.496 e. The number of ether oxygens (including phenoxy) is 1. The Morgan fingerprint density at radius 1 is 1.40 bits per heavy atom. The van der Waals surface area contributed by atoms with Gasteiger partial charge < -0.3 is 9.15 Å². The second kappa shape index (κ2) is 5.13. The monoisotopic (exact) mass is 334 g/mol. The smallest absolute Gasteiger partial charge is 0.421 e. The molecule has 20 heavy (non-hydrogen) atoms. The molecule has 0 radical (unpaired) electrons. The van der Waals surface area contributed by atoms with E-state index in [0.717, 1.165) is 15.8 Å². The highest BCUT2D eigenvalue weighted by Gasteiger charge is 2.11. The molecule has 1 aromatic carbocycles. The van der Waals surface area contributed by atoms with Gasteiger partial charge in [0.15, 0.2) is 11.2 Å². The Morgan fingerprint density at radius 3 is 3.00 bits per heavy atom. The van der Waals surface area contributed by atoms with Gasteiger partial charge in [-0.3, -0.25) is 4.57 Å².